The second kappa shape index (κ2) is 6.10. The van der Waals surface area contributed by atoms with Crippen LogP contribution in [0.25, 0.3) is 0 Å². The van der Waals surface area contributed by atoms with Crippen LogP contribution in [0.15, 0.2) is 12.1 Å². The molecule has 3 atom stereocenters. The summed E-state index contributed by atoms with van der Waals surface area (Å²) in [6.07, 6.45) is 1.30. The Morgan fingerprint density at radius 3 is 2.79 bits per heavy atom. The van der Waals surface area contributed by atoms with E-state index in [1.165, 1.54) is 6.42 Å². The number of hydrogen-bond donors (Lipinski definition) is 1. The van der Waals surface area contributed by atoms with Crippen LogP contribution in [0.1, 0.15) is 32.9 Å². The molecule has 3 nitrogen and oxygen atoms in total. The van der Waals surface area contributed by atoms with E-state index in [0.29, 0.717) is 18.5 Å². The lowest BCUT2D eigenvalue weighted by atomic mass is 9.86. The van der Waals surface area contributed by atoms with Crippen LogP contribution < -0.4 is 10.2 Å². The Morgan fingerprint density at radius 1 is 1.37 bits per heavy atom. The number of aromatic nitrogens is 1. The molecule has 106 valence electrons. The number of hydrogen-bond acceptors (Lipinski definition) is 3. The van der Waals surface area contributed by atoms with E-state index in [0.717, 1.165) is 29.0 Å². The van der Waals surface area contributed by atoms with Crippen LogP contribution in [0.2, 0.25) is 5.02 Å². The van der Waals surface area contributed by atoms with Gasteiger partial charge in [-0.05, 0) is 44.4 Å². The van der Waals surface area contributed by atoms with Crippen molar-refractivity contribution in [2.24, 2.45) is 11.8 Å². The lowest BCUT2D eigenvalue weighted by molar-refractivity contribution is 0.295. The predicted molar refractivity (Wildman–Crippen MR) is 81.8 cm³/mol. The zero-order valence-corrected chi connectivity index (χ0v) is 13.0. The fraction of sp³-hybridized carbons (Fsp3) is 0.667. The Bertz CT molecular complexity index is 435. The molecule has 1 fully saturated rings. The van der Waals surface area contributed by atoms with Crippen LogP contribution >= 0.6 is 11.6 Å². The van der Waals surface area contributed by atoms with Gasteiger partial charge >= 0.3 is 0 Å². The minimum absolute atomic E-state index is 0.535. The molecule has 1 aromatic heterocycles. The number of nitrogens with one attached hydrogen (secondary N) is 1. The molecule has 0 amide bonds. The summed E-state index contributed by atoms with van der Waals surface area (Å²) in [4.78, 5) is 7.16. The Morgan fingerprint density at radius 2 is 2.11 bits per heavy atom. The molecule has 2 rings (SSSR count). The van der Waals surface area contributed by atoms with Gasteiger partial charge in [0.15, 0.2) is 0 Å². The lowest BCUT2D eigenvalue weighted by Crippen LogP contribution is -2.46. The Balaban J connectivity index is 2.27. The smallest absolute Gasteiger partial charge is 0.129 e. The number of nitrogens with zero attached hydrogens (tertiary/aromatic N) is 2. The van der Waals surface area contributed by atoms with Gasteiger partial charge in [0.1, 0.15) is 5.82 Å². The zero-order chi connectivity index (χ0) is 14.0. The minimum atomic E-state index is 0.535. The van der Waals surface area contributed by atoms with Crippen molar-refractivity contribution in [1.82, 2.24) is 10.3 Å². The van der Waals surface area contributed by atoms with Crippen molar-refractivity contribution in [1.29, 1.82) is 0 Å². The molecular formula is C15H24ClN3. The molecule has 1 aliphatic rings. The van der Waals surface area contributed by atoms with E-state index in [4.69, 9.17) is 16.6 Å². The first-order valence-corrected chi connectivity index (χ1v) is 7.47. The molecule has 3 unspecified atom stereocenters. The van der Waals surface area contributed by atoms with Crippen molar-refractivity contribution in [2.45, 2.75) is 39.8 Å². The maximum Gasteiger partial charge on any atom is 0.129 e. The Labute approximate surface area is 121 Å². The van der Waals surface area contributed by atoms with Crippen LogP contribution in [0.5, 0.6) is 0 Å². The molecule has 0 aliphatic carbocycles. The first-order chi connectivity index (χ1) is 9.02. The van der Waals surface area contributed by atoms with Crippen LogP contribution in [-0.4, -0.2) is 24.6 Å². The highest BCUT2D eigenvalue weighted by Crippen LogP contribution is 2.31. The first-order valence-electron chi connectivity index (χ1n) is 7.09. The Kier molecular flexibility index (Phi) is 4.69. The van der Waals surface area contributed by atoms with Crippen LogP contribution in [-0.2, 0) is 6.54 Å². The summed E-state index contributed by atoms with van der Waals surface area (Å²) < 4.78 is 0. The van der Waals surface area contributed by atoms with Crippen molar-refractivity contribution >= 4 is 17.4 Å². The average Bonchev–Trinajstić information content (AvgIpc) is 2.37. The molecule has 0 aromatic carbocycles. The largest absolute Gasteiger partial charge is 0.353 e. The van der Waals surface area contributed by atoms with E-state index in [-0.39, 0.29) is 0 Å². The summed E-state index contributed by atoms with van der Waals surface area (Å²) in [6.45, 7) is 8.74. The highest BCUT2D eigenvalue weighted by Gasteiger charge is 2.29. The van der Waals surface area contributed by atoms with Crippen LogP contribution in [0, 0.1) is 11.8 Å². The summed E-state index contributed by atoms with van der Waals surface area (Å²) in [5, 5.41) is 3.86. The van der Waals surface area contributed by atoms with E-state index < -0.39 is 0 Å². The molecule has 4 heteroatoms. The summed E-state index contributed by atoms with van der Waals surface area (Å²) >= 11 is 6.19. The predicted octanol–water partition coefficient (Wildman–Crippen LogP) is 3.33. The molecule has 1 aromatic rings. The molecule has 2 heterocycles. The van der Waals surface area contributed by atoms with Gasteiger partial charge in [0, 0.05) is 19.1 Å². The van der Waals surface area contributed by atoms with Crippen molar-refractivity contribution < 1.29 is 0 Å². The van der Waals surface area contributed by atoms with Crippen LogP contribution in [0.4, 0.5) is 5.82 Å². The van der Waals surface area contributed by atoms with Gasteiger partial charge in [-0.25, -0.2) is 4.98 Å². The van der Waals surface area contributed by atoms with Gasteiger partial charge < -0.3 is 10.2 Å². The molecule has 1 aliphatic heterocycles. The third kappa shape index (κ3) is 3.21. The lowest BCUT2D eigenvalue weighted by Gasteiger charge is -2.42. The van der Waals surface area contributed by atoms with Crippen LogP contribution in [0.3, 0.4) is 0 Å². The summed E-state index contributed by atoms with van der Waals surface area (Å²) in [5.41, 5.74) is 0.930. The molecule has 19 heavy (non-hydrogen) atoms. The maximum absolute atomic E-state index is 6.19. The topological polar surface area (TPSA) is 28.2 Å². The van der Waals surface area contributed by atoms with Gasteiger partial charge in [0.2, 0.25) is 0 Å². The van der Waals surface area contributed by atoms with Gasteiger partial charge in [-0.3, -0.25) is 0 Å². The SMILES string of the molecule is CNCc1nc(N2CC(C)CC(C)C2C)ccc1Cl. The van der Waals surface area contributed by atoms with Gasteiger partial charge in [-0.2, -0.15) is 0 Å². The summed E-state index contributed by atoms with van der Waals surface area (Å²) in [5.74, 6) is 2.48. The molecule has 0 bridgehead atoms. The number of halogens is 1. The molecule has 0 saturated carbocycles. The second-order valence-corrected chi connectivity index (χ2v) is 6.25. The molecule has 0 radical (unpaired) electrons. The maximum atomic E-state index is 6.19. The Hall–Kier alpha value is -0.800. The van der Waals surface area contributed by atoms with Crippen molar-refractivity contribution in [2.75, 3.05) is 18.5 Å². The third-order valence-corrected chi connectivity index (χ3v) is 4.48. The normalized spacial score (nSPS) is 27.6. The molecule has 1 saturated heterocycles. The molecule has 1 N–H and O–H groups in total. The summed E-state index contributed by atoms with van der Waals surface area (Å²) in [6, 6.07) is 4.54. The van der Waals surface area contributed by atoms with E-state index >= 15 is 0 Å². The fourth-order valence-corrected chi connectivity index (χ4v) is 3.11. The van der Waals surface area contributed by atoms with Crippen molar-refractivity contribution in [3.05, 3.63) is 22.8 Å². The number of pyridine rings is 1. The van der Waals surface area contributed by atoms with Gasteiger partial charge in [0.25, 0.3) is 0 Å². The average molecular weight is 282 g/mol. The quantitative estimate of drug-likeness (QED) is 0.921. The minimum Gasteiger partial charge on any atom is -0.353 e. The molecule has 0 spiro atoms. The fourth-order valence-electron chi connectivity index (χ4n) is 2.94. The summed E-state index contributed by atoms with van der Waals surface area (Å²) in [7, 11) is 1.92. The first kappa shape index (κ1) is 14.6. The zero-order valence-electron chi connectivity index (χ0n) is 12.3. The van der Waals surface area contributed by atoms with E-state index in [1.54, 1.807) is 0 Å². The number of piperidine rings is 1. The number of rotatable bonds is 3. The highest BCUT2D eigenvalue weighted by atomic mass is 35.5. The van der Waals surface area contributed by atoms with E-state index in [1.807, 2.05) is 19.2 Å². The van der Waals surface area contributed by atoms with Gasteiger partial charge in [-0.15, -0.1) is 0 Å². The van der Waals surface area contributed by atoms with Crippen molar-refractivity contribution in [3.8, 4) is 0 Å². The van der Waals surface area contributed by atoms with E-state index in [2.05, 4.69) is 31.0 Å². The van der Waals surface area contributed by atoms with Gasteiger partial charge in [-0.1, -0.05) is 25.4 Å². The number of anilines is 1. The van der Waals surface area contributed by atoms with E-state index in [9.17, 15) is 0 Å². The second-order valence-electron chi connectivity index (χ2n) is 5.84. The monoisotopic (exact) mass is 281 g/mol. The third-order valence-electron chi connectivity index (χ3n) is 4.14. The standard InChI is InChI=1S/C15H24ClN3/c1-10-7-11(2)12(3)19(9-10)15-6-5-13(16)14(18-15)8-17-4/h5-6,10-12,17H,7-9H2,1-4H3. The molecular weight excluding hydrogens is 258 g/mol. The highest BCUT2D eigenvalue weighted by molar-refractivity contribution is 6.31. The van der Waals surface area contributed by atoms with Crippen molar-refractivity contribution in [3.63, 3.8) is 0 Å². The van der Waals surface area contributed by atoms with Gasteiger partial charge in [0.05, 0.1) is 10.7 Å².